The Morgan fingerprint density at radius 3 is 2.79 bits per heavy atom. The van der Waals surface area contributed by atoms with Gasteiger partial charge in [-0.15, -0.1) is 0 Å². The molecule has 0 aliphatic carbocycles. The van der Waals surface area contributed by atoms with Crippen LogP contribution in [0.5, 0.6) is 0 Å². The first kappa shape index (κ1) is 14.0. The maximum atomic E-state index is 11.0. The van der Waals surface area contributed by atoms with Crippen LogP contribution in [-0.4, -0.2) is 50.2 Å². The van der Waals surface area contributed by atoms with E-state index in [0.29, 0.717) is 5.56 Å². The number of nitrogens with zero attached hydrogens (tertiary/aromatic N) is 1. The SMILES string of the molecule is CN(Cc1ccc(C(N)=O)cc1)CC1CNCCO1. The van der Waals surface area contributed by atoms with Crippen LogP contribution in [0.1, 0.15) is 15.9 Å². The number of morpholine rings is 1. The summed E-state index contributed by atoms with van der Waals surface area (Å²) >= 11 is 0. The van der Waals surface area contributed by atoms with E-state index in [-0.39, 0.29) is 12.0 Å². The lowest BCUT2D eigenvalue weighted by atomic mass is 10.1. The van der Waals surface area contributed by atoms with Crippen LogP contribution in [0, 0.1) is 0 Å². The van der Waals surface area contributed by atoms with Gasteiger partial charge in [-0.3, -0.25) is 9.69 Å². The Morgan fingerprint density at radius 2 is 2.21 bits per heavy atom. The first-order valence-electron chi connectivity index (χ1n) is 6.55. The van der Waals surface area contributed by atoms with Crippen molar-refractivity contribution in [3.63, 3.8) is 0 Å². The lowest BCUT2D eigenvalue weighted by Crippen LogP contribution is -2.44. The number of ether oxygens (including phenoxy) is 1. The number of nitrogens with one attached hydrogen (secondary N) is 1. The van der Waals surface area contributed by atoms with E-state index in [1.54, 1.807) is 12.1 Å². The number of benzene rings is 1. The van der Waals surface area contributed by atoms with Gasteiger partial charge in [-0.05, 0) is 24.7 Å². The van der Waals surface area contributed by atoms with Crippen LogP contribution in [0.25, 0.3) is 0 Å². The number of rotatable bonds is 5. The monoisotopic (exact) mass is 263 g/mol. The molecule has 3 N–H and O–H groups in total. The van der Waals surface area contributed by atoms with Crippen molar-refractivity contribution in [3.8, 4) is 0 Å². The summed E-state index contributed by atoms with van der Waals surface area (Å²) in [6.07, 6.45) is 0.253. The molecule has 0 spiro atoms. The molecule has 0 bridgehead atoms. The Hall–Kier alpha value is -1.43. The lowest BCUT2D eigenvalue weighted by molar-refractivity contribution is 0.00885. The Morgan fingerprint density at radius 1 is 1.47 bits per heavy atom. The zero-order valence-corrected chi connectivity index (χ0v) is 11.3. The highest BCUT2D eigenvalue weighted by Crippen LogP contribution is 2.08. The zero-order valence-electron chi connectivity index (χ0n) is 11.3. The number of hydrogen-bond acceptors (Lipinski definition) is 4. The van der Waals surface area contributed by atoms with Crippen LogP contribution in [0.2, 0.25) is 0 Å². The molecule has 0 aromatic heterocycles. The summed E-state index contributed by atoms with van der Waals surface area (Å²) < 4.78 is 5.67. The molecule has 1 aromatic rings. The first-order valence-corrected chi connectivity index (χ1v) is 6.55. The Kier molecular flexibility index (Phi) is 4.90. The van der Waals surface area contributed by atoms with E-state index in [0.717, 1.165) is 38.3 Å². The largest absolute Gasteiger partial charge is 0.374 e. The highest BCUT2D eigenvalue weighted by molar-refractivity contribution is 5.92. The number of carbonyl (C=O) groups excluding carboxylic acids is 1. The van der Waals surface area contributed by atoms with Crippen LogP contribution in [0.3, 0.4) is 0 Å². The third-order valence-corrected chi connectivity index (χ3v) is 3.21. The van der Waals surface area contributed by atoms with Crippen molar-refractivity contribution < 1.29 is 9.53 Å². The van der Waals surface area contributed by atoms with Crippen molar-refractivity contribution in [3.05, 3.63) is 35.4 Å². The smallest absolute Gasteiger partial charge is 0.248 e. The van der Waals surface area contributed by atoms with Gasteiger partial charge in [-0.25, -0.2) is 0 Å². The number of hydrogen-bond donors (Lipinski definition) is 2. The molecule has 1 aliphatic heterocycles. The molecule has 0 saturated carbocycles. The van der Waals surface area contributed by atoms with Crippen LogP contribution in [0.15, 0.2) is 24.3 Å². The Labute approximate surface area is 113 Å². The van der Waals surface area contributed by atoms with Gasteiger partial charge in [-0.2, -0.15) is 0 Å². The van der Waals surface area contributed by atoms with Gasteiger partial charge in [0.05, 0.1) is 12.7 Å². The molecule has 104 valence electrons. The lowest BCUT2D eigenvalue weighted by Gasteiger charge is -2.28. The van der Waals surface area contributed by atoms with E-state index in [9.17, 15) is 4.79 Å². The predicted octanol–water partition coefficient (Wildman–Crippen LogP) is 0.206. The van der Waals surface area contributed by atoms with Gasteiger partial charge in [-0.1, -0.05) is 12.1 Å². The van der Waals surface area contributed by atoms with Crippen molar-refractivity contribution in [1.29, 1.82) is 0 Å². The number of likely N-dealkylation sites (N-methyl/N-ethyl adjacent to an activating group) is 1. The summed E-state index contributed by atoms with van der Waals surface area (Å²) in [4.78, 5) is 13.2. The minimum absolute atomic E-state index is 0.253. The minimum atomic E-state index is -0.387. The highest BCUT2D eigenvalue weighted by Gasteiger charge is 2.15. The van der Waals surface area contributed by atoms with E-state index in [4.69, 9.17) is 10.5 Å². The molecule has 1 amide bonds. The van der Waals surface area contributed by atoms with E-state index >= 15 is 0 Å². The average molecular weight is 263 g/mol. The summed E-state index contributed by atoms with van der Waals surface area (Å²) in [6, 6.07) is 7.42. The number of primary amides is 1. The van der Waals surface area contributed by atoms with E-state index in [1.165, 1.54) is 0 Å². The molecule has 19 heavy (non-hydrogen) atoms. The van der Waals surface area contributed by atoms with Gasteiger partial charge in [0.15, 0.2) is 0 Å². The van der Waals surface area contributed by atoms with E-state index in [2.05, 4.69) is 17.3 Å². The Bertz CT molecular complexity index is 413. The second kappa shape index (κ2) is 6.65. The number of amides is 1. The first-order chi connectivity index (χ1) is 9.15. The third kappa shape index (κ3) is 4.31. The molecule has 1 heterocycles. The van der Waals surface area contributed by atoms with Crippen molar-refractivity contribution in [2.45, 2.75) is 12.6 Å². The molecule has 2 rings (SSSR count). The van der Waals surface area contributed by atoms with Crippen molar-refractivity contribution in [2.75, 3.05) is 33.3 Å². The molecule has 1 saturated heterocycles. The predicted molar refractivity (Wildman–Crippen MR) is 73.9 cm³/mol. The van der Waals surface area contributed by atoms with Gasteiger partial charge in [0.2, 0.25) is 5.91 Å². The fourth-order valence-corrected chi connectivity index (χ4v) is 2.24. The second-order valence-corrected chi connectivity index (χ2v) is 4.95. The second-order valence-electron chi connectivity index (χ2n) is 4.95. The molecular formula is C14H21N3O2. The van der Waals surface area contributed by atoms with E-state index in [1.807, 2.05) is 12.1 Å². The standard InChI is InChI=1S/C14H21N3O2/c1-17(10-13-8-16-6-7-19-13)9-11-2-4-12(5-3-11)14(15)18/h2-5,13,16H,6-10H2,1H3,(H2,15,18). The van der Waals surface area contributed by atoms with Gasteiger partial charge in [0, 0.05) is 31.7 Å². The third-order valence-electron chi connectivity index (χ3n) is 3.21. The topological polar surface area (TPSA) is 67.6 Å². The molecule has 0 radical (unpaired) electrons. The average Bonchev–Trinajstić information content (AvgIpc) is 2.40. The summed E-state index contributed by atoms with van der Waals surface area (Å²) in [5, 5.41) is 3.32. The highest BCUT2D eigenvalue weighted by atomic mass is 16.5. The van der Waals surface area contributed by atoms with Gasteiger partial charge in [0.25, 0.3) is 0 Å². The molecule has 5 nitrogen and oxygen atoms in total. The molecule has 5 heteroatoms. The molecule has 1 aliphatic rings. The molecular weight excluding hydrogens is 242 g/mol. The number of nitrogens with two attached hydrogens (primary N) is 1. The van der Waals surface area contributed by atoms with Gasteiger partial charge >= 0.3 is 0 Å². The molecule has 1 aromatic carbocycles. The van der Waals surface area contributed by atoms with Gasteiger partial charge < -0.3 is 15.8 Å². The normalized spacial score (nSPS) is 19.6. The van der Waals surface area contributed by atoms with Crippen molar-refractivity contribution >= 4 is 5.91 Å². The summed E-state index contributed by atoms with van der Waals surface area (Å²) in [7, 11) is 2.07. The van der Waals surface area contributed by atoms with Crippen LogP contribution in [-0.2, 0) is 11.3 Å². The number of carbonyl (C=O) groups is 1. The van der Waals surface area contributed by atoms with E-state index < -0.39 is 0 Å². The fraction of sp³-hybridized carbons (Fsp3) is 0.500. The van der Waals surface area contributed by atoms with Crippen LogP contribution >= 0.6 is 0 Å². The van der Waals surface area contributed by atoms with Gasteiger partial charge in [0.1, 0.15) is 0 Å². The zero-order chi connectivity index (χ0) is 13.7. The summed E-state index contributed by atoms with van der Waals surface area (Å²) in [5.74, 6) is -0.387. The minimum Gasteiger partial charge on any atom is -0.374 e. The molecule has 1 unspecified atom stereocenters. The fourth-order valence-electron chi connectivity index (χ4n) is 2.24. The molecule has 1 fully saturated rings. The summed E-state index contributed by atoms with van der Waals surface area (Å²) in [6.45, 7) is 4.36. The maximum Gasteiger partial charge on any atom is 0.248 e. The van der Waals surface area contributed by atoms with Crippen LogP contribution in [0.4, 0.5) is 0 Å². The summed E-state index contributed by atoms with van der Waals surface area (Å²) in [5.41, 5.74) is 6.93. The van der Waals surface area contributed by atoms with Crippen LogP contribution < -0.4 is 11.1 Å². The quantitative estimate of drug-likeness (QED) is 0.796. The maximum absolute atomic E-state index is 11.0. The van der Waals surface area contributed by atoms with Crippen molar-refractivity contribution in [2.24, 2.45) is 5.73 Å². The Balaban J connectivity index is 1.83. The molecule has 1 atom stereocenters. The van der Waals surface area contributed by atoms with Crippen molar-refractivity contribution in [1.82, 2.24) is 10.2 Å².